The fourth-order valence-corrected chi connectivity index (χ4v) is 3.22. The van der Waals surface area contributed by atoms with E-state index in [1.807, 2.05) is 26.8 Å². The summed E-state index contributed by atoms with van der Waals surface area (Å²) < 4.78 is 19.4. The Kier molecular flexibility index (Phi) is 6.84. The van der Waals surface area contributed by atoms with Crippen LogP contribution in [0.5, 0.6) is 11.5 Å². The van der Waals surface area contributed by atoms with E-state index in [9.17, 15) is 14.0 Å². The smallest absolute Gasteiger partial charge is 0.259 e. The third-order valence-corrected chi connectivity index (χ3v) is 5.11. The molecule has 7 heteroatoms. The van der Waals surface area contributed by atoms with Gasteiger partial charge in [0.1, 0.15) is 17.3 Å². The molecule has 32 heavy (non-hydrogen) atoms. The average Bonchev–Trinajstić information content (AvgIpc) is 2.74. The van der Waals surface area contributed by atoms with Crippen LogP contribution in [0.1, 0.15) is 49.9 Å². The van der Waals surface area contributed by atoms with E-state index in [4.69, 9.17) is 16.3 Å². The van der Waals surface area contributed by atoms with Crippen molar-refractivity contribution in [3.8, 4) is 11.5 Å². The quantitative estimate of drug-likeness (QED) is 0.448. The molecule has 0 atom stereocenters. The third-order valence-electron chi connectivity index (χ3n) is 4.82. The molecule has 0 saturated carbocycles. The van der Waals surface area contributed by atoms with Crippen molar-refractivity contribution in [2.75, 3.05) is 12.4 Å². The van der Waals surface area contributed by atoms with E-state index in [0.29, 0.717) is 11.3 Å². The second-order valence-electron chi connectivity index (χ2n) is 8.25. The van der Waals surface area contributed by atoms with E-state index < -0.39 is 11.7 Å². The summed E-state index contributed by atoms with van der Waals surface area (Å²) in [5.74, 6) is -0.654. The van der Waals surface area contributed by atoms with Gasteiger partial charge < -0.3 is 15.4 Å². The second kappa shape index (κ2) is 9.40. The molecule has 0 aliphatic rings. The van der Waals surface area contributed by atoms with Crippen LogP contribution >= 0.6 is 11.6 Å². The third kappa shape index (κ3) is 5.45. The molecule has 0 spiro atoms. The van der Waals surface area contributed by atoms with Crippen molar-refractivity contribution in [2.24, 2.45) is 0 Å². The standard InChI is InChI=1S/C25H24ClFN2O3.2H2/c1-25(2,3)16-8-10-19(22(13-16)32-21-11-9-17(27)14-20(21)26)24(31)29-18-7-5-6-15(12-18)23(30)28-4;;/h5-14H,1-4H3,(H,28,30)(H,29,31);2*1H. The number of hydrogen-bond donors (Lipinski definition) is 2. The van der Waals surface area contributed by atoms with Crippen LogP contribution in [0, 0.1) is 5.82 Å². The summed E-state index contributed by atoms with van der Waals surface area (Å²) in [7, 11) is 1.54. The van der Waals surface area contributed by atoms with Gasteiger partial charge in [0, 0.05) is 21.2 Å². The lowest BCUT2D eigenvalue weighted by Gasteiger charge is -2.21. The van der Waals surface area contributed by atoms with E-state index in [1.165, 1.54) is 19.2 Å². The molecule has 0 unspecified atom stereocenters. The summed E-state index contributed by atoms with van der Waals surface area (Å²) >= 11 is 6.13. The Labute approximate surface area is 194 Å². The monoisotopic (exact) mass is 458 g/mol. The molecule has 2 amide bonds. The molecule has 0 aromatic heterocycles. The topological polar surface area (TPSA) is 67.4 Å². The molecule has 5 nitrogen and oxygen atoms in total. The normalized spacial score (nSPS) is 11.1. The molecule has 0 aliphatic heterocycles. The van der Waals surface area contributed by atoms with Gasteiger partial charge in [-0.1, -0.05) is 44.5 Å². The number of hydrogen-bond acceptors (Lipinski definition) is 3. The molecule has 2 N–H and O–H groups in total. The van der Waals surface area contributed by atoms with E-state index in [0.717, 1.165) is 11.6 Å². The van der Waals surface area contributed by atoms with Crippen molar-refractivity contribution in [1.29, 1.82) is 0 Å². The molecular formula is C25H28ClFN2O3. The number of carbonyl (C=O) groups is 2. The van der Waals surface area contributed by atoms with Crippen LogP contribution in [0.4, 0.5) is 10.1 Å². The van der Waals surface area contributed by atoms with Crippen molar-refractivity contribution in [1.82, 2.24) is 5.32 Å². The molecule has 0 radical (unpaired) electrons. The Morgan fingerprint density at radius 3 is 2.38 bits per heavy atom. The molecule has 0 saturated heterocycles. The fraction of sp³-hybridized carbons (Fsp3) is 0.200. The van der Waals surface area contributed by atoms with Gasteiger partial charge in [0.05, 0.1) is 10.6 Å². The van der Waals surface area contributed by atoms with Gasteiger partial charge in [-0.2, -0.15) is 0 Å². The number of ether oxygens (including phenoxy) is 1. The van der Waals surface area contributed by atoms with Crippen LogP contribution in [0.15, 0.2) is 60.7 Å². The van der Waals surface area contributed by atoms with Crippen molar-refractivity contribution in [3.05, 3.63) is 88.2 Å². The minimum Gasteiger partial charge on any atom is -0.455 e. The van der Waals surface area contributed by atoms with E-state index in [1.54, 1.807) is 36.4 Å². The first-order chi connectivity index (χ1) is 15.1. The van der Waals surface area contributed by atoms with Crippen molar-refractivity contribution in [3.63, 3.8) is 0 Å². The maximum absolute atomic E-state index is 13.4. The molecule has 3 aromatic rings. The Morgan fingerprint density at radius 1 is 0.969 bits per heavy atom. The fourth-order valence-electron chi connectivity index (χ4n) is 3.02. The second-order valence-corrected chi connectivity index (χ2v) is 8.66. The van der Waals surface area contributed by atoms with Gasteiger partial charge >= 0.3 is 0 Å². The summed E-state index contributed by atoms with van der Waals surface area (Å²) in [6.07, 6.45) is 0. The van der Waals surface area contributed by atoms with Crippen molar-refractivity contribution >= 4 is 29.1 Å². The van der Waals surface area contributed by atoms with Crippen molar-refractivity contribution in [2.45, 2.75) is 26.2 Å². The molecular weight excluding hydrogens is 431 g/mol. The maximum atomic E-state index is 13.4. The zero-order valence-electron chi connectivity index (χ0n) is 18.3. The van der Waals surface area contributed by atoms with Crippen LogP contribution < -0.4 is 15.4 Å². The Hall–Kier alpha value is -3.38. The van der Waals surface area contributed by atoms with Gasteiger partial charge in [-0.3, -0.25) is 9.59 Å². The number of benzene rings is 3. The van der Waals surface area contributed by atoms with Gasteiger partial charge in [0.15, 0.2) is 0 Å². The largest absolute Gasteiger partial charge is 0.455 e. The summed E-state index contributed by atoms with van der Waals surface area (Å²) in [6, 6.07) is 15.7. The first-order valence-corrected chi connectivity index (χ1v) is 10.4. The van der Waals surface area contributed by atoms with Crippen LogP contribution in [0.2, 0.25) is 5.02 Å². The predicted molar refractivity (Wildman–Crippen MR) is 129 cm³/mol. The van der Waals surface area contributed by atoms with Crippen LogP contribution in [-0.4, -0.2) is 18.9 Å². The molecule has 0 bridgehead atoms. The van der Waals surface area contributed by atoms with Gasteiger partial charge in [0.25, 0.3) is 11.8 Å². The highest BCUT2D eigenvalue weighted by Crippen LogP contribution is 2.35. The highest BCUT2D eigenvalue weighted by molar-refractivity contribution is 6.32. The molecule has 170 valence electrons. The number of anilines is 1. The summed E-state index contributed by atoms with van der Waals surface area (Å²) in [6.45, 7) is 6.13. The number of halogens is 2. The van der Waals surface area contributed by atoms with Gasteiger partial charge in [-0.15, -0.1) is 0 Å². The SMILES string of the molecule is CNC(=O)c1cccc(NC(=O)c2ccc(C(C)(C)C)cc2Oc2ccc(F)cc2Cl)c1.[HH].[HH]. The average molecular weight is 459 g/mol. The first kappa shape index (κ1) is 23.3. The van der Waals surface area contributed by atoms with Crippen molar-refractivity contribution < 1.29 is 21.6 Å². The first-order valence-electron chi connectivity index (χ1n) is 9.99. The molecule has 3 rings (SSSR count). The molecule has 0 fully saturated rings. The molecule has 3 aromatic carbocycles. The minimum absolute atomic E-state index is 0. The van der Waals surface area contributed by atoms with Crippen LogP contribution in [0.25, 0.3) is 0 Å². The number of amides is 2. The van der Waals surface area contributed by atoms with Crippen LogP contribution in [-0.2, 0) is 5.41 Å². The highest BCUT2D eigenvalue weighted by atomic mass is 35.5. The molecule has 0 heterocycles. The van der Waals surface area contributed by atoms with Crippen LogP contribution in [0.3, 0.4) is 0 Å². The number of rotatable bonds is 5. The lowest BCUT2D eigenvalue weighted by atomic mass is 9.86. The number of nitrogens with one attached hydrogen (secondary N) is 2. The van der Waals surface area contributed by atoms with E-state index in [-0.39, 0.29) is 36.3 Å². The summed E-state index contributed by atoms with van der Waals surface area (Å²) in [5.41, 5.74) is 1.90. The lowest BCUT2D eigenvalue weighted by Crippen LogP contribution is -2.19. The molecule has 0 aliphatic carbocycles. The Balaban J connectivity index is 0.00000289. The zero-order valence-corrected chi connectivity index (χ0v) is 19.0. The van der Waals surface area contributed by atoms with Gasteiger partial charge in [-0.05, 0) is 59.5 Å². The van der Waals surface area contributed by atoms with Gasteiger partial charge in [-0.25, -0.2) is 4.39 Å². The van der Waals surface area contributed by atoms with E-state index in [2.05, 4.69) is 10.6 Å². The van der Waals surface area contributed by atoms with Gasteiger partial charge in [0.2, 0.25) is 0 Å². The number of carbonyl (C=O) groups excluding carboxylic acids is 2. The summed E-state index contributed by atoms with van der Waals surface area (Å²) in [5, 5.41) is 5.44. The minimum atomic E-state index is -0.486. The zero-order chi connectivity index (χ0) is 23.5. The Morgan fingerprint density at radius 2 is 1.72 bits per heavy atom. The highest BCUT2D eigenvalue weighted by Gasteiger charge is 2.21. The maximum Gasteiger partial charge on any atom is 0.259 e. The summed E-state index contributed by atoms with van der Waals surface area (Å²) in [4.78, 5) is 25.0. The van der Waals surface area contributed by atoms with E-state index >= 15 is 0 Å². The lowest BCUT2D eigenvalue weighted by molar-refractivity contribution is 0.0961. The Bertz CT molecular complexity index is 1180. The predicted octanol–water partition coefficient (Wildman–Crippen LogP) is 6.67.